The Morgan fingerprint density at radius 1 is 1.73 bits per heavy atom. The molecule has 86 valence electrons. The number of ether oxygens (including phenoxy) is 2. The summed E-state index contributed by atoms with van der Waals surface area (Å²) in [7, 11) is 1.64. The summed E-state index contributed by atoms with van der Waals surface area (Å²) >= 11 is 0. The summed E-state index contributed by atoms with van der Waals surface area (Å²) in [5.74, 6) is -0.975. The van der Waals surface area contributed by atoms with Gasteiger partial charge in [0.2, 0.25) is 0 Å². The second kappa shape index (κ2) is 5.25. The SMILES string of the molecule is C=C(CNCC1(OC)CCOC1)C(=O)O. The zero-order valence-electron chi connectivity index (χ0n) is 8.91. The molecule has 0 aromatic rings. The van der Waals surface area contributed by atoms with E-state index in [9.17, 15) is 4.79 Å². The molecule has 0 bridgehead atoms. The average molecular weight is 215 g/mol. The molecule has 1 heterocycles. The van der Waals surface area contributed by atoms with Gasteiger partial charge < -0.3 is 19.9 Å². The van der Waals surface area contributed by atoms with E-state index in [-0.39, 0.29) is 17.7 Å². The standard InChI is InChI=1S/C10H17NO4/c1-8(9(12)13)5-11-6-10(14-2)3-4-15-7-10/h11H,1,3-7H2,2H3,(H,12,13). The van der Waals surface area contributed by atoms with E-state index in [1.54, 1.807) is 7.11 Å². The van der Waals surface area contributed by atoms with E-state index in [4.69, 9.17) is 14.6 Å². The lowest BCUT2D eigenvalue weighted by molar-refractivity contribution is -0.132. The summed E-state index contributed by atoms with van der Waals surface area (Å²) in [5.41, 5.74) is -0.154. The van der Waals surface area contributed by atoms with Crippen LogP contribution < -0.4 is 5.32 Å². The third kappa shape index (κ3) is 3.30. The topological polar surface area (TPSA) is 67.8 Å². The van der Waals surface area contributed by atoms with Crippen LogP contribution in [0.15, 0.2) is 12.2 Å². The number of rotatable bonds is 6. The molecule has 5 nitrogen and oxygen atoms in total. The molecule has 1 saturated heterocycles. The summed E-state index contributed by atoms with van der Waals surface area (Å²) in [5, 5.41) is 11.6. The highest BCUT2D eigenvalue weighted by Gasteiger charge is 2.34. The molecule has 1 rings (SSSR count). The van der Waals surface area contributed by atoms with Gasteiger partial charge in [0.15, 0.2) is 0 Å². The van der Waals surface area contributed by atoms with E-state index in [0.717, 1.165) is 6.42 Å². The highest BCUT2D eigenvalue weighted by atomic mass is 16.5. The number of carbonyl (C=O) groups is 1. The quantitative estimate of drug-likeness (QED) is 0.611. The molecule has 1 aliphatic heterocycles. The molecular formula is C10H17NO4. The van der Waals surface area contributed by atoms with Gasteiger partial charge in [-0.1, -0.05) is 6.58 Å². The molecule has 0 aromatic carbocycles. The molecule has 0 spiro atoms. The van der Waals surface area contributed by atoms with Gasteiger partial charge in [-0.05, 0) is 0 Å². The monoisotopic (exact) mass is 215 g/mol. The highest BCUT2D eigenvalue weighted by Crippen LogP contribution is 2.21. The molecule has 2 N–H and O–H groups in total. The van der Waals surface area contributed by atoms with Crippen molar-refractivity contribution in [1.29, 1.82) is 0 Å². The predicted molar refractivity (Wildman–Crippen MR) is 54.8 cm³/mol. The zero-order chi connectivity index (χ0) is 11.3. The van der Waals surface area contributed by atoms with Crippen molar-refractivity contribution >= 4 is 5.97 Å². The van der Waals surface area contributed by atoms with Crippen LogP contribution in [0.25, 0.3) is 0 Å². The van der Waals surface area contributed by atoms with Crippen molar-refractivity contribution < 1.29 is 19.4 Å². The molecule has 0 aliphatic carbocycles. The number of aliphatic carboxylic acids is 1. The third-order valence-corrected chi connectivity index (χ3v) is 2.59. The maximum atomic E-state index is 10.5. The van der Waals surface area contributed by atoms with Gasteiger partial charge in [-0.25, -0.2) is 4.79 Å². The van der Waals surface area contributed by atoms with Gasteiger partial charge in [-0.15, -0.1) is 0 Å². The second-order valence-corrected chi connectivity index (χ2v) is 3.70. The van der Waals surface area contributed by atoms with Crippen LogP contribution in [0.2, 0.25) is 0 Å². The van der Waals surface area contributed by atoms with Crippen LogP contribution in [0.1, 0.15) is 6.42 Å². The summed E-state index contributed by atoms with van der Waals surface area (Å²) in [6.07, 6.45) is 0.829. The number of hydrogen-bond acceptors (Lipinski definition) is 4. The number of nitrogens with one attached hydrogen (secondary N) is 1. The predicted octanol–water partition coefficient (Wildman–Crippen LogP) is 0.0223. The molecule has 1 fully saturated rings. The first-order valence-corrected chi connectivity index (χ1v) is 4.84. The van der Waals surface area contributed by atoms with E-state index < -0.39 is 5.97 Å². The number of methoxy groups -OCH3 is 1. The van der Waals surface area contributed by atoms with Gasteiger partial charge in [0.1, 0.15) is 5.60 Å². The van der Waals surface area contributed by atoms with E-state index in [2.05, 4.69) is 11.9 Å². The fourth-order valence-corrected chi connectivity index (χ4v) is 1.48. The van der Waals surface area contributed by atoms with E-state index in [0.29, 0.717) is 19.8 Å². The number of hydrogen-bond donors (Lipinski definition) is 2. The first-order valence-electron chi connectivity index (χ1n) is 4.84. The molecule has 5 heteroatoms. The van der Waals surface area contributed by atoms with E-state index >= 15 is 0 Å². The van der Waals surface area contributed by atoms with Gasteiger partial charge in [-0.2, -0.15) is 0 Å². The molecule has 1 unspecified atom stereocenters. The lowest BCUT2D eigenvalue weighted by atomic mass is 10.0. The Hall–Kier alpha value is -0.910. The molecule has 0 radical (unpaired) electrons. The normalized spacial score (nSPS) is 25.4. The summed E-state index contributed by atoms with van der Waals surface area (Å²) in [6, 6.07) is 0. The lowest BCUT2D eigenvalue weighted by Gasteiger charge is -2.25. The first kappa shape index (κ1) is 12.2. The molecular weight excluding hydrogens is 198 g/mol. The van der Waals surface area contributed by atoms with Gasteiger partial charge in [0, 0.05) is 38.8 Å². The summed E-state index contributed by atoms with van der Waals surface area (Å²) in [6.45, 7) is 5.52. The van der Waals surface area contributed by atoms with Crippen LogP contribution in [0, 0.1) is 0 Å². The Bertz CT molecular complexity index is 246. The molecule has 0 saturated carbocycles. The van der Waals surface area contributed by atoms with E-state index in [1.165, 1.54) is 0 Å². The van der Waals surface area contributed by atoms with Gasteiger partial charge >= 0.3 is 5.97 Å². The molecule has 15 heavy (non-hydrogen) atoms. The fourth-order valence-electron chi connectivity index (χ4n) is 1.48. The lowest BCUT2D eigenvalue weighted by Crippen LogP contribution is -2.43. The van der Waals surface area contributed by atoms with Crippen LogP contribution in [0.3, 0.4) is 0 Å². The van der Waals surface area contributed by atoms with Crippen LogP contribution in [0.5, 0.6) is 0 Å². The summed E-state index contributed by atoms with van der Waals surface area (Å²) in [4.78, 5) is 10.5. The Morgan fingerprint density at radius 3 is 2.93 bits per heavy atom. The third-order valence-electron chi connectivity index (χ3n) is 2.59. The van der Waals surface area contributed by atoms with Crippen molar-refractivity contribution in [2.75, 3.05) is 33.4 Å². The van der Waals surface area contributed by atoms with Gasteiger partial charge in [-0.3, -0.25) is 0 Å². The van der Waals surface area contributed by atoms with Crippen molar-refractivity contribution in [2.45, 2.75) is 12.0 Å². The average Bonchev–Trinajstić information content (AvgIpc) is 2.67. The number of carboxylic acids is 1. The number of carboxylic acid groups (broad SMARTS) is 1. The van der Waals surface area contributed by atoms with Crippen LogP contribution in [0.4, 0.5) is 0 Å². The van der Waals surface area contributed by atoms with Gasteiger partial charge in [0.05, 0.1) is 6.61 Å². The van der Waals surface area contributed by atoms with Crippen molar-refractivity contribution in [3.63, 3.8) is 0 Å². The molecule has 1 atom stereocenters. The van der Waals surface area contributed by atoms with Crippen molar-refractivity contribution in [3.8, 4) is 0 Å². The highest BCUT2D eigenvalue weighted by molar-refractivity contribution is 5.86. The minimum atomic E-state index is -0.975. The van der Waals surface area contributed by atoms with Crippen molar-refractivity contribution in [3.05, 3.63) is 12.2 Å². The van der Waals surface area contributed by atoms with Crippen LogP contribution >= 0.6 is 0 Å². The Balaban J connectivity index is 2.29. The van der Waals surface area contributed by atoms with Crippen molar-refractivity contribution in [1.82, 2.24) is 5.32 Å². The van der Waals surface area contributed by atoms with Crippen molar-refractivity contribution in [2.24, 2.45) is 0 Å². The smallest absolute Gasteiger partial charge is 0.332 e. The largest absolute Gasteiger partial charge is 0.478 e. The van der Waals surface area contributed by atoms with Gasteiger partial charge in [0.25, 0.3) is 0 Å². The Morgan fingerprint density at radius 2 is 2.47 bits per heavy atom. The van der Waals surface area contributed by atoms with Crippen LogP contribution in [-0.4, -0.2) is 50.1 Å². The Labute approximate surface area is 89.1 Å². The fraction of sp³-hybridized carbons (Fsp3) is 0.700. The van der Waals surface area contributed by atoms with Crippen LogP contribution in [-0.2, 0) is 14.3 Å². The zero-order valence-corrected chi connectivity index (χ0v) is 8.91. The minimum absolute atomic E-state index is 0.153. The summed E-state index contributed by atoms with van der Waals surface area (Å²) < 4.78 is 10.6. The molecule has 0 aromatic heterocycles. The molecule has 1 aliphatic rings. The maximum Gasteiger partial charge on any atom is 0.332 e. The first-order chi connectivity index (χ1) is 7.09. The maximum absolute atomic E-state index is 10.5. The van der Waals surface area contributed by atoms with E-state index in [1.807, 2.05) is 0 Å². The second-order valence-electron chi connectivity index (χ2n) is 3.70. The molecule has 0 amide bonds. The minimum Gasteiger partial charge on any atom is -0.478 e. The Kier molecular flexibility index (Phi) is 4.26.